The molecule has 0 saturated carbocycles. The quantitative estimate of drug-likeness (QED) is 0.0271. The molecule has 0 atom stereocenters. The first-order valence-corrected chi connectivity index (χ1v) is 49.7. The Balaban J connectivity index is 0.000000161. The average molecular weight is 2140 g/mol. The first-order chi connectivity index (χ1) is 66.5. The van der Waals surface area contributed by atoms with Crippen molar-refractivity contribution in [3.05, 3.63) is 236 Å². The van der Waals surface area contributed by atoms with Crippen molar-refractivity contribution >= 4 is 195 Å². The topological polar surface area (TPSA) is 1000 Å². The summed E-state index contributed by atoms with van der Waals surface area (Å²) in [5.41, 5.74) is 10.2. The van der Waals surface area contributed by atoms with Gasteiger partial charge >= 0.3 is 88.2 Å². The molecule has 0 radical (unpaired) electrons. The van der Waals surface area contributed by atoms with E-state index in [2.05, 4.69) is 0 Å². The second kappa shape index (κ2) is 36.8. The Morgan fingerprint density at radius 1 is 0.243 bits per heavy atom. The molecule has 0 spiro atoms. The van der Waals surface area contributed by atoms with Crippen LogP contribution in [0.4, 0.5) is 22.7 Å². The van der Waals surface area contributed by atoms with Crippen LogP contribution >= 0.6 is 0 Å². The molecule has 0 aromatic heterocycles. The van der Waals surface area contributed by atoms with E-state index in [1.165, 1.54) is 48.5 Å². The summed E-state index contributed by atoms with van der Waals surface area (Å²) in [6, 6.07) is 30.5. The maximum atomic E-state index is 12.2. The van der Waals surface area contributed by atoms with Crippen LogP contribution in [0.1, 0.15) is 82.9 Å². The molecule has 52 nitrogen and oxygen atoms in total. The molecular formula is C84H56N8O44S8. The maximum absolute atomic E-state index is 12.2. The molecule has 8 aliphatic rings. The van der Waals surface area contributed by atoms with Crippen molar-refractivity contribution in [1.29, 1.82) is 0 Å². The lowest BCUT2D eigenvalue weighted by molar-refractivity contribution is -0.177. The van der Waals surface area contributed by atoms with E-state index in [1.54, 1.807) is 0 Å². The van der Waals surface area contributed by atoms with Gasteiger partial charge in [-0.15, -0.1) is 0 Å². The van der Waals surface area contributed by atoms with Crippen LogP contribution in [0.2, 0.25) is 0 Å². The summed E-state index contributed by atoms with van der Waals surface area (Å²) < 4.78 is 303. The van der Waals surface area contributed by atoms with Crippen molar-refractivity contribution in [1.82, 2.24) is 0 Å². The second-order valence-electron chi connectivity index (χ2n) is 29.9. The van der Waals surface area contributed by atoms with Gasteiger partial charge in [-0.05, 0) is 138 Å². The van der Waals surface area contributed by atoms with E-state index in [9.17, 15) is 183 Å². The minimum atomic E-state index is -5.38. The SMILES string of the molecule is Nc1ccc2c(-c3c(C(=O)O)cccc3C(=O)O)c3ccc(=[NH2+])c(S(=O)(=O)O)c-3oc2c1S(=O)(=O)[O-].Nc1ccc2c(-c3cc(C(=O)O)ccc3C(=O)O)c3ccc(=[NH2+])c(S(=O)(=O)O)c-3oc2c1S(=O)(=O)[O-].Nc1ccc2c(-c3ccc(C(=O)O)cc3C(=O)O)c3ccc(=[NH2+])c(S(=O)(=O)O)c-3oc2c1S(=O)(=O)[O-].Nc1ccc2c(-c3cccc(C(=O)O)c3C(=O)O)c3ccc(=[NH2+])c(S(=O)(=O)O)c-3oc2c1S(=O)(=O)[O-]. The van der Waals surface area contributed by atoms with Gasteiger partial charge in [0.15, 0.2) is 45.4 Å². The first kappa shape index (κ1) is 104. The van der Waals surface area contributed by atoms with Gasteiger partial charge in [0.05, 0.1) is 67.3 Å². The molecule has 4 aliphatic carbocycles. The van der Waals surface area contributed by atoms with Crippen LogP contribution in [-0.2, 0) is 80.9 Å². The zero-order valence-electron chi connectivity index (χ0n) is 70.5. The maximum Gasteiger partial charge on any atom is 0.337 e. The normalized spacial score (nSPS) is 12.2. The standard InChI is InChI=1S/4C21H14N2O11S2/c22-13-5-3-10-15(12-7-8(20(24)25)1-2-9(12)21(26)27)11-4-6-14(23)19(36(31,32)33)17(11)34-16(10)18(13)35(28,29)30;22-13-5-3-10-15(9-2-1-8(20(24)25)7-12(9)21(26)27)11-4-6-14(23)19(36(31,32)33)17(11)34-16(10)18(13)35(28,29)30;22-12-6-4-8-14(15-10(20(24)25)2-1-3-11(15)21(26)27)9-5-7-13(23)19(36(31,32)33)17(9)34-16(8)18(12)35(28,29)30;22-12-6-4-9-14(8-2-1-3-11(20(24)25)15(8)21(26)27)10-5-7-13(23)19(36(31,32)33)17(10)34-16(9)18(12)35(28,29)30/h4*1-7,22H,23H2,(H,24,25)(H,26,27)(H,28,29,30)(H,31,32,33). The number of carboxylic acid groups (broad SMARTS) is 8. The van der Waals surface area contributed by atoms with Crippen LogP contribution in [0.5, 0.6) is 0 Å². The molecule has 4 aliphatic heterocycles. The van der Waals surface area contributed by atoms with E-state index in [0.29, 0.717) is 0 Å². The number of anilines is 4. The minimum Gasteiger partial charge on any atom is -0.744 e. The van der Waals surface area contributed by atoms with E-state index in [1.807, 2.05) is 0 Å². The Hall–Kier alpha value is -17.2. The van der Waals surface area contributed by atoms with E-state index in [0.717, 1.165) is 121 Å². The number of nitrogen functional groups attached to an aromatic ring is 4. The van der Waals surface area contributed by atoms with Gasteiger partial charge in [0.25, 0.3) is 0 Å². The molecule has 0 bridgehead atoms. The molecular weight excluding hydrogens is 2080 g/mol. The summed E-state index contributed by atoms with van der Waals surface area (Å²) in [6.07, 6.45) is 0. The fourth-order valence-electron chi connectivity index (χ4n) is 15.7. The Kier molecular flexibility index (Phi) is 26.6. The van der Waals surface area contributed by atoms with Gasteiger partial charge in [-0.2, -0.15) is 33.7 Å². The molecule has 744 valence electrons. The monoisotopic (exact) mass is 2140 g/mol. The lowest BCUT2D eigenvalue weighted by Crippen LogP contribution is -2.47. The molecule has 8 aromatic rings. The van der Waals surface area contributed by atoms with Crippen LogP contribution in [0.25, 0.3) is 134 Å². The number of carbonyl (C=O) groups is 8. The molecule has 16 rings (SSSR count). The number of carboxylic acids is 8. The van der Waals surface area contributed by atoms with Gasteiger partial charge in [0.1, 0.15) is 60.1 Å². The second-order valence-corrected chi connectivity index (χ2v) is 40.6. The van der Waals surface area contributed by atoms with Crippen molar-refractivity contribution in [2.45, 2.75) is 39.2 Å². The number of benzene rings is 12. The van der Waals surface area contributed by atoms with E-state index >= 15 is 0 Å². The van der Waals surface area contributed by atoms with Crippen LogP contribution in [0.3, 0.4) is 0 Å². The highest BCUT2D eigenvalue weighted by Crippen LogP contribution is 2.52. The predicted molar refractivity (Wildman–Crippen MR) is 478 cm³/mol. The van der Waals surface area contributed by atoms with Crippen molar-refractivity contribution in [2.24, 2.45) is 0 Å². The zero-order chi connectivity index (χ0) is 107. The fraction of sp³-hybridized carbons (Fsp3) is 0. The zero-order valence-corrected chi connectivity index (χ0v) is 77.0. The van der Waals surface area contributed by atoms with Gasteiger partial charge in [0, 0.05) is 95.9 Å². The molecule has 0 saturated heterocycles. The van der Waals surface area contributed by atoms with Gasteiger partial charge < -0.3 is 99.7 Å². The number of aromatic carboxylic acids is 8. The number of rotatable bonds is 20. The van der Waals surface area contributed by atoms with Crippen LogP contribution in [0.15, 0.2) is 227 Å². The molecule has 144 heavy (non-hydrogen) atoms. The third kappa shape index (κ3) is 19.0. The van der Waals surface area contributed by atoms with Crippen molar-refractivity contribution < 1.29 is 222 Å². The average Bonchev–Trinajstić information content (AvgIpc) is 0.719. The van der Waals surface area contributed by atoms with Crippen molar-refractivity contribution in [3.8, 4) is 89.8 Å². The predicted octanol–water partition coefficient (Wildman–Crippen LogP) is -0.0248. The van der Waals surface area contributed by atoms with Crippen LogP contribution in [0, 0.1) is 0 Å². The highest BCUT2D eigenvalue weighted by Gasteiger charge is 2.40. The van der Waals surface area contributed by atoms with Gasteiger partial charge in [-0.3, -0.25) is 39.8 Å². The van der Waals surface area contributed by atoms with Gasteiger partial charge in [-0.1, -0.05) is 24.3 Å². The lowest BCUT2D eigenvalue weighted by Gasteiger charge is -2.21. The molecule has 28 N–H and O–H groups in total. The number of hydrogen-bond donors (Lipinski definition) is 20. The van der Waals surface area contributed by atoms with Gasteiger partial charge in [0.2, 0.25) is 41.0 Å². The summed E-state index contributed by atoms with van der Waals surface area (Å²) in [5, 5.41) is 97.2. The van der Waals surface area contributed by atoms with E-state index in [-0.39, 0.29) is 93.9 Å². The van der Waals surface area contributed by atoms with Gasteiger partial charge in [-0.25, -0.2) is 72.0 Å². The Labute approximate surface area is 800 Å². The summed E-state index contributed by atoms with van der Waals surface area (Å²) in [5.74, 6) is -15.3. The lowest BCUT2D eigenvalue weighted by atomic mass is 9.87. The van der Waals surface area contributed by atoms with Crippen molar-refractivity contribution in [2.75, 3.05) is 22.9 Å². The summed E-state index contributed by atoms with van der Waals surface area (Å²) in [7, 11) is -41.9. The first-order valence-electron chi connectivity index (χ1n) is 38.3. The third-order valence-electron chi connectivity index (χ3n) is 21.2. The van der Waals surface area contributed by atoms with Crippen LogP contribution < -0.4 is 66.0 Å². The molecule has 0 unspecified atom stereocenters. The Bertz CT molecular complexity index is 9450. The number of hydrogen-bond acceptors (Lipinski definition) is 36. The van der Waals surface area contributed by atoms with Crippen molar-refractivity contribution in [3.63, 3.8) is 0 Å². The number of nitrogens with two attached hydrogens (primary N) is 8. The summed E-state index contributed by atoms with van der Waals surface area (Å²) >= 11 is 0. The summed E-state index contributed by atoms with van der Waals surface area (Å²) in [4.78, 5) is 86.8. The Morgan fingerprint density at radius 2 is 0.500 bits per heavy atom. The Morgan fingerprint density at radius 3 is 0.785 bits per heavy atom. The third-order valence-corrected chi connectivity index (χ3v) is 28.7. The van der Waals surface area contributed by atoms with E-state index in [4.69, 9.17) is 62.2 Å². The van der Waals surface area contributed by atoms with E-state index < -0.39 is 296 Å². The molecule has 4 heterocycles. The highest BCUT2D eigenvalue weighted by atomic mass is 32.2. The summed E-state index contributed by atoms with van der Waals surface area (Å²) in [6.45, 7) is 0. The van der Waals surface area contributed by atoms with Crippen LogP contribution in [-0.4, -0.2) is 192 Å². The minimum absolute atomic E-state index is 0.157. The molecule has 8 aromatic carbocycles. The largest absolute Gasteiger partial charge is 0.744 e. The molecule has 0 amide bonds. The molecule has 0 fully saturated rings. The fourth-order valence-corrected chi connectivity index (χ4v) is 21.7. The number of fused-ring (bicyclic) bond motifs is 8. The molecule has 60 heteroatoms. The smallest absolute Gasteiger partial charge is 0.337 e. The highest BCUT2D eigenvalue weighted by molar-refractivity contribution is 7.88.